The fourth-order valence-corrected chi connectivity index (χ4v) is 3.77. The Bertz CT molecular complexity index is 370. The molecule has 0 N–H and O–H groups in total. The van der Waals surface area contributed by atoms with E-state index >= 15 is 0 Å². The molecule has 0 amide bonds. The van der Waals surface area contributed by atoms with Gasteiger partial charge in [-0.25, -0.2) is 0 Å². The van der Waals surface area contributed by atoms with Crippen molar-refractivity contribution in [2.75, 3.05) is 5.75 Å². The molecule has 0 fully saturated rings. The van der Waals surface area contributed by atoms with Gasteiger partial charge in [0, 0.05) is 5.25 Å². The van der Waals surface area contributed by atoms with Gasteiger partial charge in [0.1, 0.15) is 0 Å². The average Bonchev–Trinajstić information content (AvgIpc) is 2.34. The summed E-state index contributed by atoms with van der Waals surface area (Å²) in [7, 11) is 0. The van der Waals surface area contributed by atoms with E-state index in [4.69, 9.17) is 0 Å². The number of fused-ring (bicyclic) bond motifs is 1. The largest absolute Gasteiger partial charge is 0.153 e. The topological polar surface area (TPSA) is 0 Å². The lowest BCUT2D eigenvalue weighted by Crippen LogP contribution is -2.15. The maximum Gasteiger partial charge on any atom is 0.0340 e. The van der Waals surface area contributed by atoms with Gasteiger partial charge in [-0.1, -0.05) is 45.4 Å². The molecule has 0 saturated heterocycles. The van der Waals surface area contributed by atoms with E-state index in [-0.39, 0.29) is 0 Å². The standard InChI is InChI=1S/C16H24S/c1-4-6-9-17-16-11-14-8-7-13(10-15(14)16)12(3)5-2/h7-8,10,12,16H,4-6,9,11H2,1-3H3. The second kappa shape index (κ2) is 5.95. The number of unbranched alkanes of at least 4 members (excludes halogenated alkanes) is 1. The van der Waals surface area contributed by atoms with Gasteiger partial charge in [0.05, 0.1) is 0 Å². The summed E-state index contributed by atoms with van der Waals surface area (Å²) < 4.78 is 0. The van der Waals surface area contributed by atoms with Crippen LogP contribution in [0.15, 0.2) is 18.2 Å². The Kier molecular flexibility index (Phi) is 4.55. The van der Waals surface area contributed by atoms with Crippen LogP contribution in [0.4, 0.5) is 0 Å². The molecule has 0 spiro atoms. The molecule has 1 aromatic carbocycles. The summed E-state index contributed by atoms with van der Waals surface area (Å²) in [5.41, 5.74) is 4.75. The van der Waals surface area contributed by atoms with E-state index in [0.717, 1.165) is 5.25 Å². The third-order valence-electron chi connectivity index (χ3n) is 3.92. The fourth-order valence-electron chi connectivity index (χ4n) is 2.34. The van der Waals surface area contributed by atoms with E-state index in [9.17, 15) is 0 Å². The first-order valence-corrected chi connectivity index (χ1v) is 8.05. The number of hydrogen-bond acceptors (Lipinski definition) is 1. The molecule has 94 valence electrons. The highest BCUT2D eigenvalue weighted by Crippen LogP contribution is 2.44. The minimum absolute atomic E-state index is 0.710. The van der Waals surface area contributed by atoms with Gasteiger partial charge in [0.15, 0.2) is 0 Å². The molecule has 1 aliphatic carbocycles. The lowest BCUT2D eigenvalue weighted by atomic mass is 9.84. The zero-order chi connectivity index (χ0) is 12.3. The fraction of sp³-hybridized carbons (Fsp3) is 0.625. The van der Waals surface area contributed by atoms with Crippen LogP contribution in [0, 0.1) is 0 Å². The summed E-state index contributed by atoms with van der Waals surface area (Å²) in [6.45, 7) is 6.88. The highest BCUT2D eigenvalue weighted by atomic mass is 32.2. The predicted molar refractivity (Wildman–Crippen MR) is 79.0 cm³/mol. The molecule has 0 radical (unpaired) electrons. The summed E-state index contributed by atoms with van der Waals surface area (Å²) in [4.78, 5) is 0. The summed E-state index contributed by atoms with van der Waals surface area (Å²) in [5, 5.41) is 0.792. The third-order valence-corrected chi connectivity index (χ3v) is 5.27. The second-order valence-corrected chi connectivity index (χ2v) is 6.50. The third kappa shape index (κ3) is 2.88. The Morgan fingerprint density at radius 1 is 1.35 bits per heavy atom. The zero-order valence-corrected chi connectivity index (χ0v) is 12.1. The van der Waals surface area contributed by atoms with Gasteiger partial charge < -0.3 is 0 Å². The van der Waals surface area contributed by atoms with Gasteiger partial charge >= 0.3 is 0 Å². The van der Waals surface area contributed by atoms with Gasteiger partial charge in [0.2, 0.25) is 0 Å². The van der Waals surface area contributed by atoms with E-state index in [1.165, 1.54) is 37.0 Å². The molecule has 1 heteroatoms. The van der Waals surface area contributed by atoms with Crippen LogP contribution >= 0.6 is 11.8 Å². The van der Waals surface area contributed by atoms with Crippen molar-refractivity contribution in [2.45, 2.75) is 57.6 Å². The predicted octanol–water partition coefficient (Wildman–Crippen LogP) is 5.33. The molecule has 2 atom stereocenters. The Hall–Kier alpha value is -0.430. The number of hydrogen-bond donors (Lipinski definition) is 0. The van der Waals surface area contributed by atoms with Crippen molar-refractivity contribution in [1.29, 1.82) is 0 Å². The summed E-state index contributed by atoms with van der Waals surface area (Å²) in [6.07, 6.45) is 5.22. The lowest BCUT2D eigenvalue weighted by Gasteiger charge is -2.31. The molecule has 2 rings (SSSR count). The monoisotopic (exact) mass is 248 g/mol. The van der Waals surface area contributed by atoms with Gasteiger partial charge in [-0.05, 0) is 47.6 Å². The molecule has 0 aromatic heterocycles. The van der Waals surface area contributed by atoms with Crippen LogP contribution < -0.4 is 0 Å². The van der Waals surface area contributed by atoms with Gasteiger partial charge in [-0.2, -0.15) is 11.8 Å². The van der Waals surface area contributed by atoms with Gasteiger partial charge in [-0.3, -0.25) is 0 Å². The van der Waals surface area contributed by atoms with E-state index in [1.807, 2.05) is 0 Å². The lowest BCUT2D eigenvalue weighted by molar-refractivity contribution is 0.721. The molecular weight excluding hydrogens is 224 g/mol. The summed E-state index contributed by atoms with van der Waals surface area (Å²) >= 11 is 2.16. The average molecular weight is 248 g/mol. The molecule has 0 aliphatic heterocycles. The molecule has 1 aromatic rings. The minimum Gasteiger partial charge on any atom is -0.153 e. The second-order valence-electron chi connectivity index (χ2n) is 5.18. The molecular formula is C16H24S. The molecule has 1 aliphatic rings. The molecule has 2 unspecified atom stereocenters. The maximum atomic E-state index is 2.47. The summed E-state index contributed by atoms with van der Waals surface area (Å²) in [6, 6.07) is 7.16. The Morgan fingerprint density at radius 3 is 2.88 bits per heavy atom. The highest BCUT2D eigenvalue weighted by Gasteiger charge is 2.26. The van der Waals surface area contributed by atoms with Crippen LogP contribution in [0.1, 0.15) is 67.9 Å². The number of benzene rings is 1. The van der Waals surface area contributed by atoms with Gasteiger partial charge in [-0.15, -0.1) is 0 Å². The van der Waals surface area contributed by atoms with Crippen LogP contribution in [0.2, 0.25) is 0 Å². The normalized spacial score (nSPS) is 19.6. The SMILES string of the molecule is CCCCSC1Cc2ccc(C(C)CC)cc21. The first-order valence-electron chi connectivity index (χ1n) is 7.00. The van der Waals surface area contributed by atoms with Crippen molar-refractivity contribution < 1.29 is 0 Å². The number of rotatable bonds is 6. The Morgan fingerprint density at radius 2 is 2.18 bits per heavy atom. The van der Waals surface area contributed by atoms with E-state index in [1.54, 1.807) is 11.1 Å². The number of thioether (sulfide) groups is 1. The van der Waals surface area contributed by atoms with Gasteiger partial charge in [0.25, 0.3) is 0 Å². The zero-order valence-electron chi connectivity index (χ0n) is 11.3. The molecule has 0 heterocycles. The van der Waals surface area contributed by atoms with Crippen LogP contribution in [-0.2, 0) is 6.42 Å². The first kappa shape index (κ1) is 13.0. The van der Waals surface area contributed by atoms with Crippen LogP contribution in [-0.4, -0.2) is 5.75 Å². The Labute approximate surface area is 110 Å². The van der Waals surface area contributed by atoms with Crippen LogP contribution in [0.5, 0.6) is 0 Å². The van der Waals surface area contributed by atoms with E-state index in [2.05, 4.69) is 50.7 Å². The molecule has 0 saturated carbocycles. The van der Waals surface area contributed by atoms with Crippen molar-refractivity contribution in [2.24, 2.45) is 0 Å². The van der Waals surface area contributed by atoms with Crippen molar-refractivity contribution in [3.63, 3.8) is 0 Å². The van der Waals surface area contributed by atoms with Crippen molar-refractivity contribution in [1.82, 2.24) is 0 Å². The van der Waals surface area contributed by atoms with Crippen LogP contribution in [0.3, 0.4) is 0 Å². The minimum atomic E-state index is 0.710. The maximum absolute atomic E-state index is 2.47. The van der Waals surface area contributed by atoms with Crippen molar-refractivity contribution in [3.05, 3.63) is 34.9 Å². The van der Waals surface area contributed by atoms with Crippen LogP contribution in [0.25, 0.3) is 0 Å². The molecule has 17 heavy (non-hydrogen) atoms. The smallest absolute Gasteiger partial charge is 0.0340 e. The Balaban J connectivity index is 2.00. The van der Waals surface area contributed by atoms with Crippen molar-refractivity contribution >= 4 is 11.8 Å². The summed E-state index contributed by atoms with van der Waals surface area (Å²) in [5.74, 6) is 2.04. The first-order chi connectivity index (χ1) is 8.26. The molecule has 0 bridgehead atoms. The molecule has 0 nitrogen and oxygen atoms in total. The van der Waals surface area contributed by atoms with Crippen molar-refractivity contribution in [3.8, 4) is 0 Å². The van der Waals surface area contributed by atoms with E-state index < -0.39 is 0 Å². The highest BCUT2D eigenvalue weighted by molar-refractivity contribution is 7.99. The quantitative estimate of drug-likeness (QED) is 0.613. The van der Waals surface area contributed by atoms with E-state index in [0.29, 0.717) is 5.92 Å².